The van der Waals surface area contributed by atoms with E-state index in [1.807, 2.05) is 13.8 Å². The summed E-state index contributed by atoms with van der Waals surface area (Å²) >= 11 is 0. The van der Waals surface area contributed by atoms with Crippen LogP contribution in [0.5, 0.6) is 5.75 Å². The number of rotatable bonds is 5. The van der Waals surface area contributed by atoms with Crippen LogP contribution >= 0.6 is 0 Å². The Morgan fingerprint density at radius 3 is 3.00 bits per heavy atom. The summed E-state index contributed by atoms with van der Waals surface area (Å²) in [6, 6.07) is 4.43. The highest BCUT2D eigenvalue weighted by Crippen LogP contribution is 2.22. The molecule has 1 saturated heterocycles. The maximum atomic E-state index is 12.4. The van der Waals surface area contributed by atoms with Crippen molar-refractivity contribution in [2.24, 2.45) is 0 Å². The Morgan fingerprint density at radius 1 is 1.55 bits per heavy atom. The standard InChI is InChI=1S/C15H20F2N2O3/c1-9-3-4-12(22-15(16)17)11(7-9)8-19-14(20)13-10(2)21-6-5-18-13/h3-4,7,10,13,15,18H,5-6,8H2,1-2H3,(H,19,20)/t10-,13+/m1/s1. The average molecular weight is 314 g/mol. The Morgan fingerprint density at radius 2 is 2.32 bits per heavy atom. The van der Waals surface area contributed by atoms with Crippen molar-refractivity contribution in [3.8, 4) is 5.75 Å². The second kappa shape index (κ2) is 7.51. The molecule has 0 aliphatic carbocycles. The maximum Gasteiger partial charge on any atom is 0.387 e. The molecule has 0 bridgehead atoms. The molecule has 0 aromatic heterocycles. The molecule has 1 aliphatic rings. The van der Waals surface area contributed by atoms with Gasteiger partial charge in [0.15, 0.2) is 0 Å². The van der Waals surface area contributed by atoms with Gasteiger partial charge in [0.2, 0.25) is 5.91 Å². The van der Waals surface area contributed by atoms with Gasteiger partial charge in [-0.25, -0.2) is 0 Å². The van der Waals surface area contributed by atoms with Gasteiger partial charge in [-0.05, 0) is 19.9 Å². The Hall–Kier alpha value is -1.73. The number of carbonyl (C=O) groups is 1. The van der Waals surface area contributed by atoms with E-state index < -0.39 is 12.7 Å². The molecule has 0 saturated carbocycles. The number of aryl methyl sites for hydroxylation is 1. The van der Waals surface area contributed by atoms with Gasteiger partial charge in [0, 0.05) is 18.7 Å². The van der Waals surface area contributed by atoms with Crippen molar-refractivity contribution in [2.75, 3.05) is 13.2 Å². The molecule has 1 amide bonds. The van der Waals surface area contributed by atoms with Gasteiger partial charge >= 0.3 is 6.61 Å². The molecular formula is C15H20F2N2O3. The van der Waals surface area contributed by atoms with Crippen molar-refractivity contribution in [1.82, 2.24) is 10.6 Å². The van der Waals surface area contributed by atoms with Crippen LogP contribution in [0.15, 0.2) is 18.2 Å². The molecule has 5 nitrogen and oxygen atoms in total. The van der Waals surface area contributed by atoms with Crippen LogP contribution in [0.2, 0.25) is 0 Å². The van der Waals surface area contributed by atoms with E-state index in [0.717, 1.165) is 5.56 Å². The summed E-state index contributed by atoms with van der Waals surface area (Å²) in [5.41, 5.74) is 1.41. The molecule has 0 radical (unpaired) electrons. The van der Waals surface area contributed by atoms with Gasteiger partial charge in [0.1, 0.15) is 11.8 Å². The number of alkyl halides is 2. The van der Waals surface area contributed by atoms with Gasteiger partial charge in [0.25, 0.3) is 0 Å². The average Bonchev–Trinajstić information content (AvgIpc) is 2.47. The summed E-state index contributed by atoms with van der Waals surface area (Å²) in [4.78, 5) is 12.2. The van der Waals surface area contributed by atoms with Crippen LogP contribution in [0.25, 0.3) is 0 Å². The molecule has 1 aliphatic heterocycles. The van der Waals surface area contributed by atoms with Crippen LogP contribution in [0, 0.1) is 6.92 Å². The number of benzene rings is 1. The van der Waals surface area contributed by atoms with E-state index in [1.54, 1.807) is 12.1 Å². The second-order valence-corrected chi connectivity index (χ2v) is 5.22. The first-order chi connectivity index (χ1) is 10.5. The van der Waals surface area contributed by atoms with E-state index in [1.165, 1.54) is 6.07 Å². The largest absolute Gasteiger partial charge is 0.434 e. The molecule has 7 heteroatoms. The van der Waals surface area contributed by atoms with Crippen molar-refractivity contribution in [3.05, 3.63) is 29.3 Å². The van der Waals surface area contributed by atoms with E-state index >= 15 is 0 Å². The number of halogens is 2. The number of nitrogens with one attached hydrogen (secondary N) is 2. The van der Waals surface area contributed by atoms with E-state index in [0.29, 0.717) is 18.7 Å². The number of carbonyl (C=O) groups excluding carboxylic acids is 1. The third-order valence-corrected chi connectivity index (χ3v) is 3.48. The predicted molar refractivity (Wildman–Crippen MR) is 76.9 cm³/mol. The zero-order chi connectivity index (χ0) is 16.1. The van der Waals surface area contributed by atoms with Crippen LogP contribution in [-0.4, -0.2) is 37.8 Å². The van der Waals surface area contributed by atoms with E-state index in [2.05, 4.69) is 15.4 Å². The summed E-state index contributed by atoms with van der Waals surface area (Å²) in [5.74, 6) is -0.154. The van der Waals surface area contributed by atoms with Crippen LogP contribution in [0.3, 0.4) is 0 Å². The van der Waals surface area contributed by atoms with Gasteiger partial charge in [-0.15, -0.1) is 0 Å². The molecule has 1 aromatic carbocycles. The first kappa shape index (κ1) is 16.6. The molecule has 0 unspecified atom stereocenters. The molecule has 0 spiro atoms. The zero-order valence-corrected chi connectivity index (χ0v) is 12.6. The molecule has 2 atom stereocenters. The summed E-state index contributed by atoms with van der Waals surface area (Å²) < 4.78 is 34.7. The fourth-order valence-corrected chi connectivity index (χ4v) is 2.38. The zero-order valence-electron chi connectivity index (χ0n) is 12.6. The SMILES string of the molecule is Cc1ccc(OC(F)F)c(CNC(=O)[C@H]2NCCO[C@@H]2C)c1. The maximum absolute atomic E-state index is 12.4. The van der Waals surface area contributed by atoms with E-state index in [4.69, 9.17) is 4.74 Å². The van der Waals surface area contributed by atoms with Crippen molar-refractivity contribution in [1.29, 1.82) is 0 Å². The fourth-order valence-electron chi connectivity index (χ4n) is 2.38. The summed E-state index contributed by atoms with van der Waals surface area (Å²) in [6.07, 6.45) is -0.233. The highest BCUT2D eigenvalue weighted by Gasteiger charge is 2.28. The number of hydrogen-bond acceptors (Lipinski definition) is 4. The topological polar surface area (TPSA) is 59.6 Å². The van der Waals surface area contributed by atoms with E-state index in [9.17, 15) is 13.6 Å². The van der Waals surface area contributed by atoms with Gasteiger partial charge in [0.05, 0.1) is 12.7 Å². The van der Waals surface area contributed by atoms with Crippen molar-refractivity contribution >= 4 is 5.91 Å². The van der Waals surface area contributed by atoms with Gasteiger partial charge in [-0.1, -0.05) is 17.7 Å². The minimum atomic E-state index is -2.90. The monoisotopic (exact) mass is 314 g/mol. The first-order valence-corrected chi connectivity index (χ1v) is 7.14. The summed E-state index contributed by atoms with van der Waals surface area (Å²) in [5, 5.41) is 5.81. The number of hydrogen-bond donors (Lipinski definition) is 2. The van der Waals surface area contributed by atoms with Crippen LogP contribution in [0.1, 0.15) is 18.1 Å². The lowest BCUT2D eigenvalue weighted by molar-refractivity contribution is -0.129. The molecule has 2 rings (SSSR count). The Kier molecular flexibility index (Phi) is 5.68. The van der Waals surface area contributed by atoms with Gasteiger partial charge in [-0.2, -0.15) is 8.78 Å². The first-order valence-electron chi connectivity index (χ1n) is 7.14. The van der Waals surface area contributed by atoms with Crippen LogP contribution < -0.4 is 15.4 Å². The Labute approximate surface area is 128 Å². The lowest BCUT2D eigenvalue weighted by atomic mass is 10.1. The molecule has 1 fully saturated rings. The van der Waals surface area contributed by atoms with E-state index in [-0.39, 0.29) is 24.3 Å². The predicted octanol–water partition coefficient (Wildman–Crippen LogP) is 1.59. The highest BCUT2D eigenvalue weighted by atomic mass is 19.3. The summed E-state index contributed by atoms with van der Waals surface area (Å²) in [7, 11) is 0. The third-order valence-electron chi connectivity index (χ3n) is 3.48. The van der Waals surface area contributed by atoms with Crippen LogP contribution in [0.4, 0.5) is 8.78 Å². The van der Waals surface area contributed by atoms with Gasteiger partial charge in [-0.3, -0.25) is 4.79 Å². The molecule has 1 heterocycles. The molecular weight excluding hydrogens is 294 g/mol. The van der Waals surface area contributed by atoms with Crippen molar-refractivity contribution in [2.45, 2.75) is 39.1 Å². The minimum absolute atomic E-state index is 0.0711. The lowest BCUT2D eigenvalue weighted by Crippen LogP contribution is -2.55. The molecule has 22 heavy (non-hydrogen) atoms. The van der Waals surface area contributed by atoms with Gasteiger partial charge < -0.3 is 20.1 Å². The highest BCUT2D eigenvalue weighted by molar-refractivity contribution is 5.82. The lowest BCUT2D eigenvalue weighted by Gasteiger charge is -2.29. The number of amides is 1. The summed E-state index contributed by atoms with van der Waals surface area (Å²) in [6.45, 7) is 2.05. The smallest absolute Gasteiger partial charge is 0.387 e. The second-order valence-electron chi connectivity index (χ2n) is 5.22. The molecule has 122 valence electrons. The Balaban J connectivity index is 2.01. The quantitative estimate of drug-likeness (QED) is 0.866. The van der Waals surface area contributed by atoms with Crippen molar-refractivity contribution < 1.29 is 23.0 Å². The normalized spacial score (nSPS) is 21.7. The molecule has 1 aromatic rings. The minimum Gasteiger partial charge on any atom is -0.434 e. The Bertz CT molecular complexity index is 526. The van der Waals surface area contributed by atoms with Crippen molar-refractivity contribution in [3.63, 3.8) is 0 Å². The van der Waals surface area contributed by atoms with Crippen LogP contribution in [-0.2, 0) is 16.1 Å². The third kappa shape index (κ3) is 4.38. The number of morpholine rings is 1. The molecule has 2 N–H and O–H groups in total. The fraction of sp³-hybridized carbons (Fsp3) is 0.533. The number of ether oxygens (including phenoxy) is 2.